The van der Waals surface area contributed by atoms with Crippen molar-refractivity contribution in [1.82, 2.24) is 4.31 Å². The van der Waals surface area contributed by atoms with Crippen LogP contribution in [0.15, 0.2) is 80.6 Å². The average molecular weight is 583 g/mol. The van der Waals surface area contributed by atoms with Crippen molar-refractivity contribution in [2.45, 2.75) is 18.0 Å². The van der Waals surface area contributed by atoms with E-state index in [4.69, 9.17) is 0 Å². The number of hydrogen-bond donors (Lipinski definition) is 2. The Hall–Kier alpha value is -2.53. The molecule has 3 aromatic carbocycles. The highest BCUT2D eigenvalue weighted by atomic mass is 79.9. The van der Waals surface area contributed by atoms with Gasteiger partial charge >= 0.3 is 11.9 Å². The molecule has 3 rings (SSSR count). The Labute approximate surface area is 201 Å². The molecule has 0 spiro atoms. The van der Waals surface area contributed by atoms with Crippen LogP contribution in [0.3, 0.4) is 0 Å². The Bertz CT molecular complexity index is 1210. The van der Waals surface area contributed by atoms with Crippen molar-refractivity contribution in [2.24, 2.45) is 0 Å². The predicted octanol–water partition coefficient (Wildman–Crippen LogP) is 5.00. The standard InChI is InChI=1S/C22H17Br2NO6S/c23-19-10-14(6-8-17(19)21(26)27)12-25(32(30,31)16-4-2-1-3-5-16)13-15-7-9-18(22(28)29)20(24)11-15/h1-11H,12-13H2,(H,26,27)(H,28,29). The third-order valence-corrected chi connectivity index (χ3v) is 7.74. The van der Waals surface area contributed by atoms with Gasteiger partial charge in [0.05, 0.1) is 16.0 Å². The fourth-order valence-corrected chi connectivity index (χ4v) is 5.66. The van der Waals surface area contributed by atoms with Gasteiger partial charge in [-0.05, 0) is 79.4 Å². The summed E-state index contributed by atoms with van der Waals surface area (Å²) in [6.45, 7) is -0.0396. The first kappa shape index (κ1) is 24.1. The third-order valence-electron chi connectivity index (χ3n) is 4.63. The van der Waals surface area contributed by atoms with Crippen LogP contribution in [0.4, 0.5) is 0 Å². The molecule has 0 aromatic heterocycles. The number of aromatic carboxylic acids is 2. The highest BCUT2D eigenvalue weighted by molar-refractivity contribution is 9.10. The molecule has 0 aliphatic carbocycles. The van der Waals surface area contributed by atoms with Crippen LogP contribution in [-0.2, 0) is 23.1 Å². The molecule has 7 nitrogen and oxygen atoms in total. The summed E-state index contributed by atoms with van der Waals surface area (Å²) in [5.74, 6) is -2.19. The summed E-state index contributed by atoms with van der Waals surface area (Å²) < 4.78 is 28.7. The Balaban J connectivity index is 2.00. The molecule has 0 radical (unpaired) electrons. The van der Waals surface area contributed by atoms with Crippen LogP contribution in [0.1, 0.15) is 31.8 Å². The van der Waals surface area contributed by atoms with Crippen LogP contribution >= 0.6 is 31.9 Å². The van der Waals surface area contributed by atoms with Gasteiger partial charge in [0.25, 0.3) is 0 Å². The minimum atomic E-state index is -3.91. The second-order valence-electron chi connectivity index (χ2n) is 6.82. The summed E-state index contributed by atoms with van der Waals surface area (Å²) in [6.07, 6.45) is 0. The molecule has 10 heteroatoms. The molecule has 166 valence electrons. The molecule has 0 fully saturated rings. The summed E-state index contributed by atoms with van der Waals surface area (Å²) >= 11 is 6.44. The second kappa shape index (κ2) is 9.95. The van der Waals surface area contributed by atoms with E-state index in [1.807, 2.05) is 0 Å². The molecule has 0 heterocycles. The zero-order chi connectivity index (χ0) is 23.5. The number of nitrogens with zero attached hydrogens (tertiary/aromatic N) is 1. The maximum Gasteiger partial charge on any atom is 0.336 e. The number of hydrogen-bond acceptors (Lipinski definition) is 4. The van der Waals surface area contributed by atoms with E-state index in [2.05, 4.69) is 31.9 Å². The van der Waals surface area contributed by atoms with Crippen molar-refractivity contribution < 1.29 is 28.2 Å². The first-order valence-electron chi connectivity index (χ1n) is 9.18. The van der Waals surface area contributed by atoms with Gasteiger partial charge in [-0.2, -0.15) is 4.31 Å². The largest absolute Gasteiger partial charge is 0.478 e. The molecule has 32 heavy (non-hydrogen) atoms. The van der Waals surface area contributed by atoms with Crippen molar-refractivity contribution in [1.29, 1.82) is 0 Å². The van der Waals surface area contributed by atoms with Gasteiger partial charge in [-0.1, -0.05) is 30.3 Å². The maximum absolute atomic E-state index is 13.4. The molecule has 0 saturated heterocycles. The van der Waals surface area contributed by atoms with Gasteiger partial charge in [0.1, 0.15) is 0 Å². The molecule has 2 N–H and O–H groups in total. The molecule has 0 unspecified atom stereocenters. The van der Waals surface area contributed by atoms with Gasteiger partial charge in [-0.15, -0.1) is 0 Å². The van der Waals surface area contributed by atoms with Gasteiger partial charge in [0.2, 0.25) is 10.0 Å². The third kappa shape index (κ3) is 5.44. The number of sulfonamides is 1. The minimum absolute atomic E-state index is 0.0198. The number of carboxylic acids is 2. The van der Waals surface area contributed by atoms with Gasteiger partial charge in [-0.3, -0.25) is 0 Å². The van der Waals surface area contributed by atoms with E-state index < -0.39 is 22.0 Å². The fourth-order valence-electron chi connectivity index (χ4n) is 3.04. The molecule has 0 aliphatic rings. The van der Waals surface area contributed by atoms with Crippen LogP contribution in [0.2, 0.25) is 0 Å². The molecule has 0 bridgehead atoms. The van der Waals surface area contributed by atoms with Crippen molar-refractivity contribution in [3.05, 3.63) is 97.9 Å². The maximum atomic E-state index is 13.4. The van der Waals surface area contributed by atoms with E-state index in [1.54, 1.807) is 42.5 Å². The Morgan fingerprint density at radius 3 is 1.56 bits per heavy atom. The van der Waals surface area contributed by atoms with Gasteiger partial charge in [0.15, 0.2) is 0 Å². The summed E-state index contributed by atoms with van der Waals surface area (Å²) in [5, 5.41) is 18.4. The quantitative estimate of drug-likeness (QED) is 0.386. The van der Waals surface area contributed by atoms with Gasteiger partial charge in [-0.25, -0.2) is 18.0 Å². The molecule has 0 aliphatic heterocycles. The highest BCUT2D eigenvalue weighted by Crippen LogP contribution is 2.26. The van der Waals surface area contributed by atoms with E-state index >= 15 is 0 Å². The van der Waals surface area contributed by atoms with E-state index in [0.29, 0.717) is 20.1 Å². The fraction of sp³-hybridized carbons (Fsp3) is 0.0909. The van der Waals surface area contributed by atoms with E-state index in [1.165, 1.54) is 28.6 Å². The SMILES string of the molecule is O=C(O)c1ccc(CN(Cc2ccc(C(=O)O)c(Br)c2)S(=O)(=O)c2ccccc2)cc1Br. The van der Waals surface area contributed by atoms with Crippen LogP contribution in [0.5, 0.6) is 0 Å². The van der Waals surface area contributed by atoms with Crippen molar-refractivity contribution in [3.63, 3.8) is 0 Å². The number of halogens is 2. The highest BCUT2D eigenvalue weighted by Gasteiger charge is 2.25. The first-order chi connectivity index (χ1) is 15.1. The zero-order valence-corrected chi connectivity index (χ0v) is 20.4. The molecule has 0 saturated carbocycles. The van der Waals surface area contributed by atoms with Crippen molar-refractivity contribution >= 4 is 53.8 Å². The molecular weight excluding hydrogens is 566 g/mol. The lowest BCUT2D eigenvalue weighted by atomic mass is 10.1. The Kier molecular flexibility index (Phi) is 7.50. The lowest BCUT2D eigenvalue weighted by Gasteiger charge is -2.23. The van der Waals surface area contributed by atoms with E-state index in [0.717, 1.165) is 0 Å². The number of carbonyl (C=O) groups is 2. The lowest BCUT2D eigenvalue weighted by molar-refractivity contribution is 0.0685. The smallest absolute Gasteiger partial charge is 0.336 e. The first-order valence-corrected chi connectivity index (χ1v) is 12.2. The molecule has 3 aromatic rings. The molecular formula is C22H17Br2NO6S. The summed E-state index contributed by atoms with van der Waals surface area (Å²) in [6, 6.07) is 17.0. The molecule has 0 atom stereocenters. The number of benzene rings is 3. The summed E-state index contributed by atoms with van der Waals surface area (Å²) in [7, 11) is -3.91. The Morgan fingerprint density at radius 2 is 1.19 bits per heavy atom. The minimum Gasteiger partial charge on any atom is -0.478 e. The van der Waals surface area contributed by atoms with E-state index in [9.17, 15) is 28.2 Å². The summed E-state index contributed by atoms with van der Waals surface area (Å²) in [4.78, 5) is 22.6. The number of carboxylic acid groups (broad SMARTS) is 2. The van der Waals surface area contributed by atoms with Gasteiger partial charge in [0, 0.05) is 22.0 Å². The molecule has 0 amide bonds. The topological polar surface area (TPSA) is 112 Å². The van der Waals surface area contributed by atoms with Crippen LogP contribution in [-0.4, -0.2) is 34.9 Å². The average Bonchev–Trinajstić information content (AvgIpc) is 2.73. The monoisotopic (exact) mass is 581 g/mol. The Morgan fingerprint density at radius 1 is 0.750 bits per heavy atom. The van der Waals surface area contributed by atoms with Crippen LogP contribution in [0, 0.1) is 0 Å². The van der Waals surface area contributed by atoms with Gasteiger partial charge < -0.3 is 10.2 Å². The second-order valence-corrected chi connectivity index (χ2v) is 10.5. The van der Waals surface area contributed by atoms with Crippen LogP contribution < -0.4 is 0 Å². The van der Waals surface area contributed by atoms with Crippen molar-refractivity contribution in [3.8, 4) is 0 Å². The van der Waals surface area contributed by atoms with Crippen LogP contribution in [0.25, 0.3) is 0 Å². The zero-order valence-electron chi connectivity index (χ0n) is 16.4. The van der Waals surface area contributed by atoms with Crippen molar-refractivity contribution in [2.75, 3.05) is 0 Å². The van der Waals surface area contributed by atoms with E-state index in [-0.39, 0.29) is 29.1 Å². The summed E-state index contributed by atoms with van der Waals surface area (Å²) in [5.41, 5.74) is 1.31. The predicted molar refractivity (Wildman–Crippen MR) is 125 cm³/mol. The number of rotatable bonds is 8. The lowest BCUT2D eigenvalue weighted by Crippen LogP contribution is -2.30. The normalized spacial score (nSPS) is 11.5.